The number of anilines is 1. The van der Waals surface area contributed by atoms with E-state index in [1.165, 1.54) is 0 Å². The maximum Gasteiger partial charge on any atom is 0.287 e. The Balaban J connectivity index is 1.95. The van der Waals surface area contributed by atoms with Gasteiger partial charge in [0.1, 0.15) is 0 Å². The Morgan fingerprint density at radius 2 is 1.88 bits per heavy atom. The Hall–Kier alpha value is -3.15. The fraction of sp³-hybridized carbons (Fsp3) is 0.250. The third-order valence-corrected chi connectivity index (χ3v) is 4.27. The summed E-state index contributed by atoms with van der Waals surface area (Å²) in [4.78, 5) is 29.4. The van der Waals surface area contributed by atoms with Crippen LogP contribution in [0.3, 0.4) is 0 Å². The first-order valence-corrected chi connectivity index (χ1v) is 8.65. The molecule has 3 rings (SSSR count). The maximum atomic E-state index is 12.8. The SMILES string of the molecule is CCCNC(=O)c1nc(C(=O)Nc2ccc(C)c(C)c2)c2ccccn12. The summed E-state index contributed by atoms with van der Waals surface area (Å²) in [5.41, 5.74) is 3.77. The zero-order valence-electron chi connectivity index (χ0n) is 15.2. The number of aromatic nitrogens is 2. The number of rotatable bonds is 5. The predicted octanol–water partition coefficient (Wildman–Crippen LogP) is 3.34. The van der Waals surface area contributed by atoms with E-state index in [2.05, 4.69) is 15.6 Å². The molecule has 0 bridgehead atoms. The van der Waals surface area contributed by atoms with Crippen molar-refractivity contribution >= 4 is 23.0 Å². The first-order chi connectivity index (χ1) is 12.5. The molecule has 1 aromatic carbocycles. The van der Waals surface area contributed by atoms with Crippen LogP contribution in [0.25, 0.3) is 5.52 Å². The molecule has 26 heavy (non-hydrogen) atoms. The van der Waals surface area contributed by atoms with Crippen molar-refractivity contribution < 1.29 is 9.59 Å². The summed E-state index contributed by atoms with van der Waals surface area (Å²) in [5, 5.41) is 5.67. The molecule has 0 aliphatic carbocycles. The number of carbonyl (C=O) groups excluding carboxylic acids is 2. The van der Waals surface area contributed by atoms with Crippen molar-refractivity contribution in [2.45, 2.75) is 27.2 Å². The molecule has 2 amide bonds. The predicted molar refractivity (Wildman–Crippen MR) is 102 cm³/mol. The monoisotopic (exact) mass is 350 g/mol. The summed E-state index contributed by atoms with van der Waals surface area (Å²) < 4.78 is 1.64. The second kappa shape index (κ2) is 7.39. The van der Waals surface area contributed by atoms with Gasteiger partial charge in [-0.05, 0) is 55.7 Å². The molecular formula is C20H22N4O2. The minimum Gasteiger partial charge on any atom is -0.349 e. The normalized spacial score (nSPS) is 10.7. The highest BCUT2D eigenvalue weighted by atomic mass is 16.2. The van der Waals surface area contributed by atoms with E-state index in [-0.39, 0.29) is 23.3 Å². The largest absolute Gasteiger partial charge is 0.349 e. The van der Waals surface area contributed by atoms with E-state index >= 15 is 0 Å². The number of nitrogens with zero attached hydrogens (tertiary/aromatic N) is 2. The van der Waals surface area contributed by atoms with Crippen molar-refractivity contribution in [3.8, 4) is 0 Å². The second-order valence-electron chi connectivity index (χ2n) is 6.25. The topological polar surface area (TPSA) is 75.5 Å². The van der Waals surface area contributed by atoms with Gasteiger partial charge in [0.2, 0.25) is 5.82 Å². The van der Waals surface area contributed by atoms with Gasteiger partial charge in [-0.3, -0.25) is 14.0 Å². The standard InChI is InChI=1S/C20H22N4O2/c1-4-10-21-20(26)18-23-17(16-7-5-6-11-24(16)18)19(25)22-15-9-8-13(2)14(3)12-15/h5-9,11-12H,4,10H2,1-3H3,(H,21,26)(H,22,25). The van der Waals surface area contributed by atoms with Crippen LogP contribution in [0.15, 0.2) is 42.6 Å². The van der Waals surface area contributed by atoms with Crippen molar-refractivity contribution in [2.24, 2.45) is 0 Å². The lowest BCUT2D eigenvalue weighted by Crippen LogP contribution is -2.26. The maximum absolute atomic E-state index is 12.8. The molecule has 0 radical (unpaired) electrons. The number of nitrogens with one attached hydrogen (secondary N) is 2. The van der Waals surface area contributed by atoms with Gasteiger partial charge in [0, 0.05) is 18.4 Å². The van der Waals surface area contributed by atoms with E-state index in [0.717, 1.165) is 17.5 Å². The summed E-state index contributed by atoms with van der Waals surface area (Å²) in [7, 11) is 0. The number of hydrogen-bond acceptors (Lipinski definition) is 3. The van der Waals surface area contributed by atoms with Crippen LogP contribution >= 0.6 is 0 Å². The van der Waals surface area contributed by atoms with E-state index in [1.807, 2.05) is 45.0 Å². The summed E-state index contributed by atoms with van der Waals surface area (Å²) in [6.07, 6.45) is 2.56. The third kappa shape index (κ3) is 3.44. The van der Waals surface area contributed by atoms with Gasteiger partial charge in [-0.2, -0.15) is 0 Å². The molecule has 6 nitrogen and oxygen atoms in total. The number of benzene rings is 1. The van der Waals surface area contributed by atoms with Crippen LogP contribution in [-0.4, -0.2) is 27.7 Å². The van der Waals surface area contributed by atoms with Gasteiger partial charge in [-0.25, -0.2) is 4.98 Å². The fourth-order valence-corrected chi connectivity index (χ4v) is 2.69. The Morgan fingerprint density at radius 1 is 1.08 bits per heavy atom. The molecule has 0 aliphatic heterocycles. The number of hydrogen-bond donors (Lipinski definition) is 2. The van der Waals surface area contributed by atoms with E-state index in [0.29, 0.717) is 17.7 Å². The van der Waals surface area contributed by atoms with Crippen LogP contribution in [0.1, 0.15) is 45.6 Å². The summed E-state index contributed by atoms with van der Waals surface area (Å²) in [6.45, 7) is 6.55. The number of fused-ring (bicyclic) bond motifs is 1. The smallest absolute Gasteiger partial charge is 0.287 e. The molecule has 2 N–H and O–H groups in total. The van der Waals surface area contributed by atoms with Crippen LogP contribution in [0, 0.1) is 13.8 Å². The number of amides is 2. The van der Waals surface area contributed by atoms with Crippen molar-refractivity contribution in [1.82, 2.24) is 14.7 Å². The first-order valence-electron chi connectivity index (χ1n) is 8.65. The molecule has 134 valence electrons. The molecule has 0 unspecified atom stereocenters. The van der Waals surface area contributed by atoms with Crippen LogP contribution in [0.4, 0.5) is 5.69 Å². The van der Waals surface area contributed by atoms with E-state index in [4.69, 9.17) is 0 Å². The minimum atomic E-state index is -0.341. The molecule has 0 saturated heterocycles. The van der Waals surface area contributed by atoms with Gasteiger partial charge in [0.05, 0.1) is 5.52 Å². The van der Waals surface area contributed by atoms with Gasteiger partial charge >= 0.3 is 0 Å². The zero-order valence-corrected chi connectivity index (χ0v) is 15.2. The number of imidazole rings is 1. The van der Waals surface area contributed by atoms with Crippen LogP contribution in [0.5, 0.6) is 0 Å². The quantitative estimate of drug-likeness (QED) is 0.741. The molecule has 0 atom stereocenters. The van der Waals surface area contributed by atoms with Gasteiger partial charge < -0.3 is 10.6 Å². The van der Waals surface area contributed by atoms with Gasteiger partial charge in [0.25, 0.3) is 11.8 Å². The minimum absolute atomic E-state index is 0.208. The van der Waals surface area contributed by atoms with Crippen molar-refractivity contribution in [2.75, 3.05) is 11.9 Å². The lowest BCUT2D eigenvalue weighted by Gasteiger charge is -2.06. The average molecular weight is 350 g/mol. The molecule has 0 aliphatic rings. The highest BCUT2D eigenvalue weighted by molar-refractivity contribution is 6.09. The lowest BCUT2D eigenvalue weighted by atomic mass is 10.1. The molecule has 6 heteroatoms. The second-order valence-corrected chi connectivity index (χ2v) is 6.25. The van der Waals surface area contributed by atoms with Crippen LogP contribution in [-0.2, 0) is 0 Å². The van der Waals surface area contributed by atoms with E-state index < -0.39 is 0 Å². The lowest BCUT2D eigenvalue weighted by molar-refractivity contribution is 0.0942. The van der Waals surface area contributed by atoms with Crippen molar-refractivity contribution in [3.05, 3.63) is 65.2 Å². The Kier molecular flexibility index (Phi) is 5.02. The summed E-state index contributed by atoms with van der Waals surface area (Å²) in [5.74, 6) is -0.427. The number of pyridine rings is 1. The van der Waals surface area contributed by atoms with Gasteiger partial charge in [-0.15, -0.1) is 0 Å². The Labute approximate surface area is 152 Å². The first kappa shape index (κ1) is 17.7. The summed E-state index contributed by atoms with van der Waals surface area (Å²) >= 11 is 0. The Morgan fingerprint density at radius 3 is 2.62 bits per heavy atom. The molecule has 3 aromatic rings. The number of aryl methyl sites for hydroxylation is 2. The molecule has 2 aromatic heterocycles. The average Bonchev–Trinajstić information content (AvgIpc) is 3.03. The van der Waals surface area contributed by atoms with Gasteiger partial charge in [0.15, 0.2) is 5.69 Å². The van der Waals surface area contributed by atoms with Crippen LogP contribution < -0.4 is 10.6 Å². The molecule has 0 saturated carbocycles. The summed E-state index contributed by atoms with van der Waals surface area (Å²) in [6, 6.07) is 11.1. The molecule has 2 heterocycles. The Bertz CT molecular complexity index is 975. The molecule has 0 spiro atoms. The van der Waals surface area contributed by atoms with Crippen molar-refractivity contribution in [3.63, 3.8) is 0 Å². The van der Waals surface area contributed by atoms with E-state index in [1.54, 1.807) is 22.7 Å². The van der Waals surface area contributed by atoms with Gasteiger partial charge in [-0.1, -0.05) is 19.1 Å². The van der Waals surface area contributed by atoms with E-state index in [9.17, 15) is 9.59 Å². The highest BCUT2D eigenvalue weighted by Gasteiger charge is 2.21. The fourth-order valence-electron chi connectivity index (χ4n) is 2.69. The molecular weight excluding hydrogens is 328 g/mol. The molecule has 0 fully saturated rings. The highest BCUT2D eigenvalue weighted by Crippen LogP contribution is 2.18. The van der Waals surface area contributed by atoms with Crippen LogP contribution in [0.2, 0.25) is 0 Å². The van der Waals surface area contributed by atoms with Crippen molar-refractivity contribution in [1.29, 1.82) is 0 Å². The zero-order chi connectivity index (χ0) is 18.7. The third-order valence-electron chi connectivity index (χ3n) is 4.27. The number of carbonyl (C=O) groups is 2.